The number of aromatic nitrogens is 2. The van der Waals surface area contributed by atoms with Crippen LogP contribution in [0.4, 0.5) is 43.7 Å². The molecule has 17 heteroatoms. The van der Waals surface area contributed by atoms with Crippen LogP contribution in [-0.2, 0) is 11.3 Å². The number of urea groups is 1. The lowest BCUT2D eigenvalue weighted by Gasteiger charge is -2.31. The van der Waals surface area contributed by atoms with E-state index >= 15 is 0 Å². The maximum atomic E-state index is 12.1. The molecule has 3 amide bonds. The summed E-state index contributed by atoms with van der Waals surface area (Å²) >= 11 is 0. The van der Waals surface area contributed by atoms with Crippen LogP contribution in [0, 0.1) is 10.1 Å². The van der Waals surface area contributed by atoms with Crippen LogP contribution in [0.15, 0.2) is 86.0 Å². The molecular formula is C39H51N9O8. The molecule has 0 bridgehead atoms. The number of nitrogens with one attached hydrogen (secondary N) is 4. The molecular weight excluding hydrogens is 722 g/mol. The van der Waals surface area contributed by atoms with Gasteiger partial charge in [-0.3, -0.25) is 15.0 Å². The second-order valence-corrected chi connectivity index (χ2v) is 12.9. The number of amides is 3. The first-order chi connectivity index (χ1) is 26.3. The van der Waals surface area contributed by atoms with E-state index in [0.29, 0.717) is 61.5 Å². The zero-order valence-electron chi connectivity index (χ0n) is 31.3. The zero-order valence-corrected chi connectivity index (χ0v) is 31.3. The van der Waals surface area contributed by atoms with Gasteiger partial charge in [0.05, 0.1) is 53.6 Å². The second-order valence-electron chi connectivity index (χ2n) is 12.9. The fraction of sp³-hybridized carbons (Fsp3) is 0.333. The van der Waals surface area contributed by atoms with Gasteiger partial charge in [0.2, 0.25) is 0 Å². The van der Waals surface area contributed by atoms with Gasteiger partial charge in [-0.2, -0.15) is 0 Å². The van der Waals surface area contributed by atoms with Crippen LogP contribution in [0.3, 0.4) is 0 Å². The Hall–Kier alpha value is -6.87. The van der Waals surface area contributed by atoms with E-state index in [2.05, 4.69) is 49.7 Å². The van der Waals surface area contributed by atoms with Crippen LogP contribution in [0.25, 0.3) is 0 Å². The highest BCUT2D eigenvalue weighted by Gasteiger charge is 2.28. The Morgan fingerprint density at radius 3 is 2.32 bits per heavy atom. The van der Waals surface area contributed by atoms with Gasteiger partial charge in [-0.15, -0.1) is 5.73 Å². The minimum Gasteiger partial charge on any atom is -0.490 e. The molecule has 17 nitrogen and oxygen atoms in total. The molecule has 3 aliphatic rings. The standard InChI is InChI=1S/C14H17N5O2.C13H18N2O3.C8H8N2O3.C3H4.CH4/c1-15-14(20)18-10-2-3-13-12(6-10)19(4-5-21-13)8-11-7-16-9-17-11;1-13(2,3)18-12(16)15-6-7-17-11-5-4-9(14)8-10(11)15;11-10(12)6-1-2-8-7(5-6)9-3-4-13-8;1-3-2;/h2-3,6-7,9H,4-5,8H2,1H3,(H,16,17)(H2,15,18,20);4-5,8H,6-7,14H2,1-3H3;1-2,5,9H,3-4H2;1-2H2;1H4. The number of hydrogen-bond donors (Lipinski definition) is 5. The van der Waals surface area contributed by atoms with Gasteiger partial charge >= 0.3 is 12.1 Å². The third-order valence-corrected chi connectivity index (χ3v) is 7.63. The minimum atomic E-state index is -0.518. The number of anilines is 5. The summed E-state index contributed by atoms with van der Waals surface area (Å²) in [5.74, 6) is 2.15. The van der Waals surface area contributed by atoms with Crippen LogP contribution >= 0.6 is 0 Å². The second kappa shape index (κ2) is 20.5. The monoisotopic (exact) mass is 773 g/mol. The molecule has 0 saturated carbocycles. The molecule has 0 unspecified atom stereocenters. The summed E-state index contributed by atoms with van der Waals surface area (Å²) in [4.78, 5) is 44.4. The van der Waals surface area contributed by atoms with Crippen molar-refractivity contribution >= 4 is 46.2 Å². The molecule has 0 fully saturated rings. The summed E-state index contributed by atoms with van der Waals surface area (Å²) in [5.41, 5.74) is 12.2. The van der Waals surface area contributed by atoms with Crippen molar-refractivity contribution < 1.29 is 33.5 Å². The number of nitrogens with two attached hydrogens (primary N) is 1. The van der Waals surface area contributed by atoms with Crippen molar-refractivity contribution in [3.05, 3.63) is 102 Å². The average molecular weight is 774 g/mol. The summed E-state index contributed by atoms with van der Waals surface area (Å²) in [7, 11) is 1.58. The largest absolute Gasteiger partial charge is 0.490 e. The number of H-pyrrole nitrogens is 1. The first-order valence-corrected chi connectivity index (χ1v) is 17.3. The number of benzene rings is 3. The van der Waals surface area contributed by atoms with E-state index in [1.165, 1.54) is 12.1 Å². The van der Waals surface area contributed by atoms with Crippen molar-refractivity contribution in [1.82, 2.24) is 15.3 Å². The molecule has 3 aromatic carbocycles. The van der Waals surface area contributed by atoms with E-state index in [1.54, 1.807) is 42.5 Å². The SMILES string of the molecule is C.C=C=C.CC(C)(C)OC(=O)N1CCOc2ccc(N)cc21.CNC(=O)Nc1ccc2c(c1)N(Cc1cnc[nH]1)CCO2.O=[N+]([O-])c1ccc2c(c1)NCCO2. The Balaban J connectivity index is 0.000000220. The first kappa shape index (κ1) is 43.5. The first-order valence-electron chi connectivity index (χ1n) is 17.3. The van der Waals surface area contributed by atoms with Gasteiger partial charge in [-0.1, -0.05) is 20.6 Å². The normalized spacial score (nSPS) is 13.1. The highest BCUT2D eigenvalue weighted by molar-refractivity contribution is 5.91. The number of nitro benzene ring substituents is 1. The topological polar surface area (TPSA) is 211 Å². The molecule has 6 N–H and O–H groups in total. The lowest BCUT2D eigenvalue weighted by molar-refractivity contribution is -0.384. The predicted octanol–water partition coefficient (Wildman–Crippen LogP) is 6.96. The van der Waals surface area contributed by atoms with E-state index < -0.39 is 10.5 Å². The highest BCUT2D eigenvalue weighted by Crippen LogP contribution is 2.36. The molecule has 0 atom stereocenters. The Labute approximate surface area is 326 Å². The van der Waals surface area contributed by atoms with Crippen LogP contribution < -0.4 is 45.7 Å². The minimum absolute atomic E-state index is 0. The Bertz CT molecular complexity index is 1960. The maximum absolute atomic E-state index is 12.1. The van der Waals surface area contributed by atoms with Gasteiger partial charge in [-0.25, -0.2) is 14.6 Å². The maximum Gasteiger partial charge on any atom is 0.415 e. The van der Waals surface area contributed by atoms with Gasteiger partial charge in [-0.05, 0) is 63.2 Å². The Kier molecular flexibility index (Phi) is 16.0. The van der Waals surface area contributed by atoms with Crippen molar-refractivity contribution in [2.45, 2.75) is 40.3 Å². The number of carbonyl (C=O) groups is 2. The van der Waals surface area contributed by atoms with Crippen molar-refractivity contribution in [3.8, 4) is 17.2 Å². The number of ether oxygens (including phenoxy) is 4. The zero-order chi connectivity index (χ0) is 40.0. The van der Waals surface area contributed by atoms with Crippen LogP contribution in [0.2, 0.25) is 0 Å². The molecule has 4 aromatic rings. The number of hydrogen-bond acceptors (Lipinski definition) is 12. The molecule has 1 aromatic heterocycles. The van der Waals surface area contributed by atoms with Crippen molar-refractivity contribution in [2.75, 3.05) is 72.7 Å². The fourth-order valence-corrected chi connectivity index (χ4v) is 5.27. The Morgan fingerprint density at radius 1 is 1.00 bits per heavy atom. The van der Waals surface area contributed by atoms with Crippen molar-refractivity contribution in [2.24, 2.45) is 0 Å². The lowest BCUT2D eigenvalue weighted by atomic mass is 10.2. The van der Waals surface area contributed by atoms with Gasteiger partial charge in [0.25, 0.3) is 5.69 Å². The molecule has 300 valence electrons. The number of nitrogen functional groups attached to an aromatic ring is 1. The Morgan fingerprint density at radius 2 is 1.66 bits per heavy atom. The van der Waals surface area contributed by atoms with Crippen LogP contribution in [-0.4, -0.2) is 79.1 Å². The molecule has 3 aliphatic heterocycles. The fourth-order valence-electron chi connectivity index (χ4n) is 5.27. The highest BCUT2D eigenvalue weighted by atomic mass is 16.6. The molecule has 0 spiro atoms. The number of carbonyl (C=O) groups excluding carboxylic acids is 2. The molecule has 56 heavy (non-hydrogen) atoms. The summed E-state index contributed by atoms with van der Waals surface area (Å²) in [6, 6.07) is 15.1. The van der Waals surface area contributed by atoms with Crippen LogP contribution in [0.5, 0.6) is 17.2 Å². The smallest absolute Gasteiger partial charge is 0.415 e. The molecule has 0 saturated heterocycles. The molecule has 0 radical (unpaired) electrons. The van der Waals surface area contributed by atoms with Gasteiger partial charge in [0, 0.05) is 43.3 Å². The number of nitrogens with zero attached hydrogens (tertiary/aromatic N) is 4. The van der Waals surface area contributed by atoms with Gasteiger partial charge in [0.1, 0.15) is 42.7 Å². The number of nitro groups is 1. The van der Waals surface area contributed by atoms with Gasteiger partial charge in [0.15, 0.2) is 0 Å². The number of aromatic amines is 1. The third kappa shape index (κ3) is 12.6. The average Bonchev–Trinajstić information content (AvgIpc) is 3.68. The summed E-state index contributed by atoms with van der Waals surface area (Å²) < 4.78 is 21.8. The lowest BCUT2D eigenvalue weighted by Crippen LogP contribution is -2.41. The number of non-ortho nitro benzene ring substituents is 1. The van der Waals surface area contributed by atoms with E-state index in [4.69, 9.17) is 24.7 Å². The number of fused-ring (bicyclic) bond motifs is 3. The van der Waals surface area contributed by atoms with Gasteiger partial charge < -0.3 is 50.5 Å². The van der Waals surface area contributed by atoms with E-state index in [9.17, 15) is 19.7 Å². The van der Waals surface area contributed by atoms with E-state index in [1.807, 2.05) is 45.2 Å². The molecule has 0 aliphatic carbocycles. The summed E-state index contributed by atoms with van der Waals surface area (Å²) in [6.07, 6.45) is 3.10. The predicted molar refractivity (Wildman–Crippen MR) is 218 cm³/mol. The quantitative estimate of drug-likeness (QED) is 0.0617. The van der Waals surface area contributed by atoms with Crippen molar-refractivity contribution in [1.29, 1.82) is 0 Å². The molecule has 4 heterocycles. The summed E-state index contributed by atoms with van der Waals surface area (Å²) in [5, 5.41) is 18.8. The van der Waals surface area contributed by atoms with E-state index in [0.717, 1.165) is 35.9 Å². The molecule has 7 rings (SSSR count). The number of rotatable bonds is 4. The number of imidazole rings is 1. The summed E-state index contributed by atoms with van der Waals surface area (Å²) in [6.45, 7) is 16.1. The van der Waals surface area contributed by atoms with Crippen molar-refractivity contribution in [3.63, 3.8) is 0 Å². The van der Waals surface area contributed by atoms with Crippen LogP contribution in [0.1, 0.15) is 33.9 Å². The third-order valence-electron chi connectivity index (χ3n) is 7.63. The van der Waals surface area contributed by atoms with E-state index in [-0.39, 0.29) is 25.2 Å².